The Balaban J connectivity index is 2.03. The Morgan fingerprint density at radius 1 is 0.594 bits per heavy atom. The molecule has 0 heterocycles. The summed E-state index contributed by atoms with van der Waals surface area (Å²) in [4.78, 5) is 49.3. The predicted molar refractivity (Wildman–Crippen MR) is 113 cm³/mol. The first kappa shape index (κ1) is 22.2. The van der Waals surface area contributed by atoms with Gasteiger partial charge in [0.05, 0.1) is 25.3 Å². The summed E-state index contributed by atoms with van der Waals surface area (Å²) in [5.41, 5.74) is -0.469. The van der Waals surface area contributed by atoms with Gasteiger partial charge in [-0.2, -0.15) is 0 Å². The molecular formula is C24H18O8. The molecule has 0 aliphatic carbocycles. The first-order valence-corrected chi connectivity index (χ1v) is 9.29. The number of hydrogen-bond donors (Lipinski definition) is 2. The highest BCUT2D eigenvalue weighted by Gasteiger charge is 2.22. The van der Waals surface area contributed by atoms with Crippen molar-refractivity contribution in [2.24, 2.45) is 0 Å². The number of rotatable bonds is 8. The first-order valence-electron chi connectivity index (χ1n) is 9.29. The highest BCUT2D eigenvalue weighted by atomic mass is 16.5. The second kappa shape index (κ2) is 9.13. The van der Waals surface area contributed by atoms with Gasteiger partial charge in [0.1, 0.15) is 11.5 Å². The monoisotopic (exact) mass is 434 g/mol. The second-order valence-corrected chi connectivity index (χ2v) is 6.67. The maximum atomic E-state index is 13.0. The maximum absolute atomic E-state index is 13.0. The Hall–Kier alpha value is -4.46. The Morgan fingerprint density at radius 2 is 1.00 bits per heavy atom. The van der Waals surface area contributed by atoms with Crippen molar-refractivity contribution in [3.8, 4) is 11.5 Å². The molecule has 3 aromatic rings. The Bertz CT molecular complexity index is 1150. The van der Waals surface area contributed by atoms with Crippen LogP contribution >= 0.6 is 0 Å². The zero-order valence-electron chi connectivity index (χ0n) is 17.1. The van der Waals surface area contributed by atoms with Crippen molar-refractivity contribution in [3.63, 3.8) is 0 Å². The van der Waals surface area contributed by atoms with E-state index in [0.717, 1.165) is 0 Å². The number of ketones is 2. The van der Waals surface area contributed by atoms with Crippen LogP contribution in [0, 0.1) is 0 Å². The molecule has 0 saturated heterocycles. The van der Waals surface area contributed by atoms with Crippen molar-refractivity contribution in [3.05, 3.63) is 94.0 Å². The SMILES string of the molecule is COc1ccc(C(=O)c2cccc(C(=O)c3ccc(OC)cc3C(=O)O)c2)c(C(=O)O)c1. The van der Waals surface area contributed by atoms with Crippen molar-refractivity contribution >= 4 is 23.5 Å². The van der Waals surface area contributed by atoms with Crippen molar-refractivity contribution in [2.75, 3.05) is 14.2 Å². The van der Waals surface area contributed by atoms with E-state index >= 15 is 0 Å². The van der Waals surface area contributed by atoms with Gasteiger partial charge in [-0.05, 0) is 42.5 Å². The van der Waals surface area contributed by atoms with Gasteiger partial charge in [0, 0.05) is 22.3 Å². The Kier molecular flexibility index (Phi) is 6.34. The molecule has 0 aliphatic rings. The summed E-state index contributed by atoms with van der Waals surface area (Å²) in [5, 5.41) is 18.9. The number of carbonyl (C=O) groups is 4. The molecule has 0 amide bonds. The second-order valence-electron chi connectivity index (χ2n) is 6.67. The zero-order valence-corrected chi connectivity index (χ0v) is 17.1. The third kappa shape index (κ3) is 4.34. The van der Waals surface area contributed by atoms with Gasteiger partial charge in [-0.15, -0.1) is 0 Å². The summed E-state index contributed by atoms with van der Waals surface area (Å²) in [6, 6.07) is 13.7. The third-order valence-electron chi connectivity index (χ3n) is 4.79. The van der Waals surface area contributed by atoms with E-state index in [2.05, 4.69) is 0 Å². The van der Waals surface area contributed by atoms with Gasteiger partial charge in [0.25, 0.3) is 0 Å². The summed E-state index contributed by atoms with van der Waals surface area (Å²) < 4.78 is 10.0. The fourth-order valence-corrected chi connectivity index (χ4v) is 3.16. The quantitative estimate of drug-likeness (QED) is 0.515. The topological polar surface area (TPSA) is 127 Å². The van der Waals surface area contributed by atoms with Crippen LogP contribution in [0.1, 0.15) is 52.6 Å². The molecule has 8 nitrogen and oxygen atoms in total. The van der Waals surface area contributed by atoms with Crippen LogP contribution in [-0.4, -0.2) is 47.9 Å². The third-order valence-corrected chi connectivity index (χ3v) is 4.79. The molecule has 0 bridgehead atoms. The molecule has 3 aromatic carbocycles. The van der Waals surface area contributed by atoms with Crippen molar-refractivity contribution in [1.82, 2.24) is 0 Å². The molecule has 0 fully saturated rings. The van der Waals surface area contributed by atoms with E-state index in [0.29, 0.717) is 0 Å². The fourth-order valence-electron chi connectivity index (χ4n) is 3.16. The van der Waals surface area contributed by atoms with Gasteiger partial charge < -0.3 is 19.7 Å². The van der Waals surface area contributed by atoms with E-state index in [1.54, 1.807) is 0 Å². The number of hydrogen-bond acceptors (Lipinski definition) is 6. The van der Waals surface area contributed by atoms with E-state index in [1.807, 2.05) is 0 Å². The van der Waals surface area contributed by atoms with E-state index < -0.39 is 23.5 Å². The smallest absolute Gasteiger partial charge is 0.336 e. The highest BCUT2D eigenvalue weighted by Crippen LogP contribution is 2.24. The predicted octanol–water partition coefficient (Wildman–Crippen LogP) is 3.56. The highest BCUT2D eigenvalue weighted by molar-refractivity contribution is 6.17. The lowest BCUT2D eigenvalue weighted by molar-refractivity contribution is 0.0683. The molecular weight excluding hydrogens is 416 g/mol. The summed E-state index contributed by atoms with van der Waals surface area (Å²) in [7, 11) is 2.75. The molecule has 162 valence electrons. The minimum atomic E-state index is -1.30. The summed E-state index contributed by atoms with van der Waals surface area (Å²) in [6.07, 6.45) is 0. The molecule has 0 radical (unpaired) electrons. The number of carbonyl (C=O) groups excluding carboxylic acids is 2. The van der Waals surface area contributed by atoms with Crippen molar-refractivity contribution in [2.45, 2.75) is 0 Å². The maximum Gasteiger partial charge on any atom is 0.336 e. The number of aromatic carboxylic acids is 2. The van der Waals surface area contributed by atoms with Crippen molar-refractivity contribution < 1.29 is 38.9 Å². The fraction of sp³-hybridized carbons (Fsp3) is 0.0833. The van der Waals surface area contributed by atoms with Gasteiger partial charge >= 0.3 is 11.9 Å². The number of benzene rings is 3. The van der Waals surface area contributed by atoms with Crippen molar-refractivity contribution in [1.29, 1.82) is 0 Å². The van der Waals surface area contributed by atoms with Gasteiger partial charge in [0.15, 0.2) is 11.6 Å². The molecule has 8 heteroatoms. The lowest BCUT2D eigenvalue weighted by atomic mass is 9.93. The van der Waals surface area contributed by atoms with Gasteiger partial charge in [0.2, 0.25) is 0 Å². The minimum Gasteiger partial charge on any atom is -0.497 e. The van der Waals surface area contributed by atoms with E-state index in [-0.39, 0.29) is 44.9 Å². The van der Waals surface area contributed by atoms with Crippen LogP contribution in [-0.2, 0) is 0 Å². The van der Waals surface area contributed by atoms with E-state index in [1.165, 1.54) is 74.9 Å². The lowest BCUT2D eigenvalue weighted by Gasteiger charge is -2.10. The molecule has 2 N–H and O–H groups in total. The average molecular weight is 434 g/mol. The van der Waals surface area contributed by atoms with Crippen LogP contribution in [0.5, 0.6) is 11.5 Å². The molecule has 3 rings (SSSR count). The standard InChI is InChI=1S/C24H18O8/c1-31-15-6-8-17(19(11-15)23(27)28)21(25)13-4-3-5-14(10-13)22(26)18-9-7-16(32-2)12-20(18)24(29)30/h3-12H,1-2H3,(H,27,28)(H,29,30). The van der Waals surface area contributed by atoms with E-state index in [9.17, 15) is 29.4 Å². The largest absolute Gasteiger partial charge is 0.497 e. The molecule has 0 unspecified atom stereocenters. The summed E-state index contributed by atoms with van der Waals surface area (Å²) >= 11 is 0. The number of carboxylic acid groups (broad SMARTS) is 2. The Labute approximate surface area is 182 Å². The van der Waals surface area contributed by atoms with Crippen LogP contribution in [0.4, 0.5) is 0 Å². The van der Waals surface area contributed by atoms with Crippen LogP contribution in [0.25, 0.3) is 0 Å². The minimum absolute atomic E-state index is 0.0708. The molecule has 0 aromatic heterocycles. The number of carboxylic acids is 2. The van der Waals surface area contributed by atoms with Crippen LogP contribution < -0.4 is 9.47 Å². The van der Waals surface area contributed by atoms with Gasteiger partial charge in [-0.25, -0.2) is 9.59 Å². The zero-order chi connectivity index (χ0) is 23.4. The molecule has 32 heavy (non-hydrogen) atoms. The summed E-state index contributed by atoms with van der Waals surface area (Å²) in [6.45, 7) is 0. The van der Waals surface area contributed by atoms with E-state index in [4.69, 9.17) is 9.47 Å². The molecule has 0 saturated carbocycles. The Morgan fingerprint density at radius 3 is 1.34 bits per heavy atom. The first-order chi connectivity index (χ1) is 15.3. The summed E-state index contributed by atoms with van der Waals surface area (Å²) in [5.74, 6) is -3.25. The molecule has 0 spiro atoms. The van der Waals surface area contributed by atoms with Crippen LogP contribution in [0.3, 0.4) is 0 Å². The average Bonchev–Trinajstić information content (AvgIpc) is 2.82. The number of methoxy groups -OCH3 is 2. The van der Waals surface area contributed by atoms with Gasteiger partial charge in [-0.3, -0.25) is 9.59 Å². The lowest BCUT2D eigenvalue weighted by Crippen LogP contribution is -2.12. The normalized spacial score (nSPS) is 10.3. The van der Waals surface area contributed by atoms with Crippen LogP contribution in [0.15, 0.2) is 60.7 Å². The van der Waals surface area contributed by atoms with Crippen LogP contribution in [0.2, 0.25) is 0 Å². The number of ether oxygens (including phenoxy) is 2. The molecule has 0 atom stereocenters. The van der Waals surface area contributed by atoms with Gasteiger partial charge in [-0.1, -0.05) is 18.2 Å². The molecule has 0 aliphatic heterocycles.